The van der Waals surface area contributed by atoms with Crippen LogP contribution in [0.25, 0.3) is 0 Å². The van der Waals surface area contributed by atoms with Crippen molar-refractivity contribution in [1.82, 2.24) is 14.8 Å². The zero-order valence-corrected chi connectivity index (χ0v) is 21.0. The molecule has 0 unspecified atom stereocenters. The molecule has 1 heterocycles. The van der Waals surface area contributed by atoms with Crippen molar-refractivity contribution in [2.75, 3.05) is 17.7 Å². The number of nitrogens with one attached hydrogen (secondary N) is 1. The summed E-state index contributed by atoms with van der Waals surface area (Å²) in [6, 6.07) is 12.6. The molecular formula is C22H21BrCl2N4O2S. The summed E-state index contributed by atoms with van der Waals surface area (Å²) in [7, 11) is 0. The molecule has 3 rings (SSSR count). The van der Waals surface area contributed by atoms with Crippen molar-refractivity contribution in [3.8, 4) is 5.75 Å². The number of carbonyl (C=O) groups is 1. The Morgan fingerprint density at radius 2 is 2.09 bits per heavy atom. The summed E-state index contributed by atoms with van der Waals surface area (Å²) in [6.07, 6.45) is 3.17. The van der Waals surface area contributed by atoms with E-state index in [1.54, 1.807) is 24.3 Å². The van der Waals surface area contributed by atoms with Crippen molar-refractivity contribution in [1.29, 1.82) is 0 Å². The van der Waals surface area contributed by atoms with Crippen molar-refractivity contribution >= 4 is 62.5 Å². The summed E-state index contributed by atoms with van der Waals surface area (Å²) in [5.41, 5.74) is 0.735. The number of thioether (sulfide) groups is 1. The predicted molar refractivity (Wildman–Crippen MR) is 134 cm³/mol. The second-order valence-corrected chi connectivity index (χ2v) is 9.37. The van der Waals surface area contributed by atoms with Gasteiger partial charge in [0.05, 0.1) is 17.4 Å². The van der Waals surface area contributed by atoms with Crippen LogP contribution in [0.1, 0.15) is 12.2 Å². The molecule has 0 radical (unpaired) electrons. The van der Waals surface area contributed by atoms with Crippen LogP contribution < -0.4 is 10.1 Å². The van der Waals surface area contributed by atoms with Gasteiger partial charge in [0.2, 0.25) is 5.91 Å². The van der Waals surface area contributed by atoms with Gasteiger partial charge in [0.25, 0.3) is 0 Å². The van der Waals surface area contributed by atoms with Crippen LogP contribution >= 0.6 is 50.9 Å². The maximum Gasteiger partial charge on any atom is 0.234 e. The van der Waals surface area contributed by atoms with Crippen molar-refractivity contribution in [3.05, 3.63) is 75.5 Å². The van der Waals surface area contributed by atoms with Gasteiger partial charge in [0.15, 0.2) is 5.16 Å². The molecule has 2 aromatic carbocycles. The topological polar surface area (TPSA) is 69.0 Å². The number of benzene rings is 2. The molecule has 3 aromatic rings. The zero-order valence-electron chi connectivity index (χ0n) is 17.1. The number of allylic oxidation sites excluding steroid dienone is 1. The van der Waals surface area contributed by atoms with E-state index < -0.39 is 0 Å². The number of halogens is 3. The second kappa shape index (κ2) is 12.3. The van der Waals surface area contributed by atoms with Crippen molar-refractivity contribution in [2.24, 2.45) is 0 Å². The number of aryl methyl sites for hydroxylation is 1. The van der Waals surface area contributed by atoms with Gasteiger partial charge in [0.1, 0.15) is 11.6 Å². The molecule has 1 aromatic heterocycles. The molecule has 1 N–H and O–H groups in total. The first-order valence-corrected chi connectivity index (χ1v) is 12.3. The number of hydrogen-bond acceptors (Lipinski definition) is 5. The molecule has 0 aliphatic carbocycles. The van der Waals surface area contributed by atoms with Crippen LogP contribution in [0.3, 0.4) is 0 Å². The molecule has 0 saturated carbocycles. The van der Waals surface area contributed by atoms with E-state index in [-0.39, 0.29) is 11.7 Å². The van der Waals surface area contributed by atoms with Gasteiger partial charge in [-0.2, -0.15) is 0 Å². The summed E-state index contributed by atoms with van der Waals surface area (Å²) in [4.78, 5) is 12.3. The highest BCUT2D eigenvalue weighted by Crippen LogP contribution is 2.27. The summed E-state index contributed by atoms with van der Waals surface area (Å²) in [6.45, 7) is 4.84. The normalized spacial score (nSPS) is 10.7. The van der Waals surface area contributed by atoms with Crippen LogP contribution in [0.4, 0.5) is 5.69 Å². The van der Waals surface area contributed by atoms with Crippen LogP contribution in [0, 0.1) is 0 Å². The van der Waals surface area contributed by atoms with Crippen LogP contribution in [-0.2, 0) is 17.8 Å². The van der Waals surface area contributed by atoms with E-state index in [1.807, 2.05) is 28.8 Å². The minimum absolute atomic E-state index is 0.115. The average molecular weight is 556 g/mol. The first-order valence-electron chi connectivity index (χ1n) is 9.75. The molecule has 10 heteroatoms. The number of anilines is 1. The molecule has 0 fully saturated rings. The third kappa shape index (κ3) is 7.27. The lowest BCUT2D eigenvalue weighted by atomic mass is 10.3. The summed E-state index contributed by atoms with van der Waals surface area (Å²) in [5, 5.41) is 13.1. The number of hydrogen-bond donors (Lipinski definition) is 1. The van der Waals surface area contributed by atoms with E-state index in [1.165, 1.54) is 11.8 Å². The maximum absolute atomic E-state index is 12.3. The Balaban J connectivity index is 1.52. The standard InChI is InChI=1S/C22H21BrCl2N4O2S/c1-2-10-29-20(7-4-11-31-19-9-8-16(24)13-18(19)25)27-28-22(29)32-14-21(30)26-17-6-3-5-15(23)12-17/h2-3,5-6,8-9,12-13H,1,4,7,10-11,14H2,(H,26,30). The fraction of sp³-hybridized carbons (Fsp3) is 0.227. The molecule has 1 amide bonds. The number of carbonyl (C=O) groups excluding carboxylic acids is 1. The minimum atomic E-state index is -0.115. The van der Waals surface area contributed by atoms with Gasteiger partial charge in [-0.15, -0.1) is 16.8 Å². The highest BCUT2D eigenvalue weighted by molar-refractivity contribution is 9.10. The summed E-state index contributed by atoms with van der Waals surface area (Å²) >= 11 is 16.8. The molecular weight excluding hydrogens is 535 g/mol. The first-order chi connectivity index (χ1) is 15.5. The van der Waals surface area contributed by atoms with Crippen LogP contribution in [0.15, 0.2) is 64.7 Å². The van der Waals surface area contributed by atoms with Gasteiger partial charge in [0, 0.05) is 28.1 Å². The molecule has 0 bridgehead atoms. The minimum Gasteiger partial charge on any atom is -0.492 e. The van der Waals surface area contributed by atoms with Gasteiger partial charge >= 0.3 is 0 Å². The lowest BCUT2D eigenvalue weighted by Crippen LogP contribution is -2.14. The fourth-order valence-electron chi connectivity index (χ4n) is 2.82. The molecule has 32 heavy (non-hydrogen) atoms. The van der Waals surface area contributed by atoms with E-state index in [2.05, 4.69) is 38.0 Å². The van der Waals surface area contributed by atoms with Crippen molar-refractivity contribution in [2.45, 2.75) is 24.5 Å². The van der Waals surface area contributed by atoms with E-state index in [4.69, 9.17) is 27.9 Å². The number of ether oxygens (including phenoxy) is 1. The van der Waals surface area contributed by atoms with E-state index in [0.717, 1.165) is 22.4 Å². The van der Waals surface area contributed by atoms with Crippen molar-refractivity contribution in [3.63, 3.8) is 0 Å². The van der Waals surface area contributed by atoms with Crippen LogP contribution in [0.5, 0.6) is 5.75 Å². The molecule has 0 spiro atoms. The lowest BCUT2D eigenvalue weighted by Gasteiger charge is -2.10. The average Bonchev–Trinajstić information content (AvgIpc) is 3.13. The smallest absolute Gasteiger partial charge is 0.234 e. The van der Waals surface area contributed by atoms with E-state index in [9.17, 15) is 4.79 Å². The Hall–Kier alpha value is -2.00. The Bertz CT molecular complexity index is 1090. The quantitative estimate of drug-likeness (QED) is 0.171. The number of nitrogens with zero attached hydrogens (tertiary/aromatic N) is 3. The van der Waals surface area contributed by atoms with Crippen molar-refractivity contribution < 1.29 is 9.53 Å². The molecule has 0 atom stereocenters. The SMILES string of the molecule is C=CCn1c(CCCOc2ccc(Cl)cc2Cl)nnc1SCC(=O)Nc1cccc(Br)c1. The van der Waals surface area contributed by atoms with Gasteiger partial charge in [-0.05, 0) is 42.8 Å². The van der Waals surface area contributed by atoms with Gasteiger partial charge in [-0.25, -0.2) is 0 Å². The number of amides is 1. The third-order valence-electron chi connectivity index (χ3n) is 4.24. The largest absolute Gasteiger partial charge is 0.492 e. The maximum atomic E-state index is 12.3. The van der Waals surface area contributed by atoms with Gasteiger partial charge in [-0.3, -0.25) is 4.79 Å². The lowest BCUT2D eigenvalue weighted by molar-refractivity contribution is -0.113. The predicted octanol–water partition coefficient (Wildman–Crippen LogP) is 6.28. The highest BCUT2D eigenvalue weighted by atomic mass is 79.9. The summed E-state index contributed by atoms with van der Waals surface area (Å²) < 4.78 is 8.60. The molecule has 0 aliphatic rings. The number of rotatable bonds is 11. The Morgan fingerprint density at radius 1 is 1.25 bits per heavy atom. The summed E-state index contributed by atoms with van der Waals surface area (Å²) in [5.74, 6) is 1.51. The van der Waals surface area contributed by atoms with E-state index >= 15 is 0 Å². The third-order valence-corrected chi connectivity index (χ3v) is 6.23. The molecule has 6 nitrogen and oxygen atoms in total. The van der Waals surface area contributed by atoms with Gasteiger partial charge < -0.3 is 14.6 Å². The van der Waals surface area contributed by atoms with Gasteiger partial charge in [-0.1, -0.05) is 63.0 Å². The monoisotopic (exact) mass is 554 g/mol. The molecule has 0 aliphatic heterocycles. The molecule has 168 valence electrons. The van der Waals surface area contributed by atoms with E-state index in [0.29, 0.717) is 40.5 Å². The van der Waals surface area contributed by atoms with Crippen LogP contribution in [0.2, 0.25) is 10.0 Å². The first kappa shape index (κ1) is 24.6. The number of aromatic nitrogens is 3. The zero-order chi connectivity index (χ0) is 22.9. The molecule has 0 saturated heterocycles. The van der Waals surface area contributed by atoms with Crippen LogP contribution in [-0.4, -0.2) is 33.0 Å². The Labute approximate surface area is 209 Å². The Morgan fingerprint density at radius 3 is 2.84 bits per heavy atom. The fourth-order valence-corrected chi connectivity index (χ4v) is 4.45. The Kier molecular flexibility index (Phi) is 9.47. The highest BCUT2D eigenvalue weighted by Gasteiger charge is 2.14. The second-order valence-electron chi connectivity index (χ2n) is 6.67.